The van der Waals surface area contributed by atoms with Crippen molar-refractivity contribution < 1.29 is 18.8 Å². The summed E-state index contributed by atoms with van der Waals surface area (Å²) >= 11 is 19.6. The maximum atomic E-state index is 13.2. The third-order valence-corrected chi connectivity index (χ3v) is 7.12. The van der Waals surface area contributed by atoms with Crippen molar-refractivity contribution in [2.45, 2.75) is 0 Å². The van der Waals surface area contributed by atoms with E-state index < -0.39 is 23.5 Å². The Morgan fingerprint density at radius 1 is 0.921 bits per heavy atom. The van der Waals surface area contributed by atoms with Crippen LogP contribution in [0.5, 0.6) is 0 Å². The molecule has 38 heavy (non-hydrogen) atoms. The number of rotatable bonds is 6. The minimum atomic E-state index is -0.732. The zero-order valence-electron chi connectivity index (χ0n) is 19.0. The summed E-state index contributed by atoms with van der Waals surface area (Å²) < 4.78 is 13.2. The van der Waals surface area contributed by atoms with Crippen molar-refractivity contribution in [1.29, 1.82) is 0 Å². The lowest BCUT2D eigenvalue weighted by Crippen LogP contribution is -2.32. The number of carbonyl (C=O) groups is 3. The van der Waals surface area contributed by atoms with Crippen LogP contribution >= 0.6 is 46.1 Å². The molecular weight excluding hydrogens is 574 g/mol. The summed E-state index contributed by atoms with van der Waals surface area (Å²) in [7, 11) is 0. The SMILES string of the molecule is O=C(Nc1nc(-c2ccc(Cl)cc2Cl)cs1)c1ccc(NC2=C(Cl)C(=O)N(c3ccc(F)cc3)C2=O)cc1. The van der Waals surface area contributed by atoms with Gasteiger partial charge in [0.1, 0.15) is 16.5 Å². The fourth-order valence-electron chi connectivity index (χ4n) is 3.61. The summed E-state index contributed by atoms with van der Waals surface area (Å²) in [5.74, 6) is -2.32. The summed E-state index contributed by atoms with van der Waals surface area (Å²) in [5, 5.41) is 8.36. The Kier molecular flexibility index (Phi) is 7.18. The highest BCUT2D eigenvalue weighted by molar-refractivity contribution is 7.14. The molecule has 3 amide bonds. The van der Waals surface area contributed by atoms with Crippen molar-refractivity contribution in [3.8, 4) is 11.3 Å². The number of thiazole rings is 1. The van der Waals surface area contributed by atoms with Crippen LogP contribution in [-0.4, -0.2) is 22.7 Å². The van der Waals surface area contributed by atoms with Crippen molar-refractivity contribution in [1.82, 2.24) is 4.98 Å². The van der Waals surface area contributed by atoms with Gasteiger partial charge < -0.3 is 5.32 Å². The molecule has 1 aromatic heterocycles. The first-order valence-corrected chi connectivity index (χ1v) is 12.9. The molecule has 190 valence electrons. The molecule has 2 heterocycles. The van der Waals surface area contributed by atoms with Gasteiger partial charge in [0.2, 0.25) is 0 Å². The van der Waals surface area contributed by atoms with Crippen LogP contribution in [-0.2, 0) is 9.59 Å². The highest BCUT2D eigenvalue weighted by atomic mass is 35.5. The van der Waals surface area contributed by atoms with Crippen LogP contribution in [0, 0.1) is 5.82 Å². The van der Waals surface area contributed by atoms with E-state index in [1.165, 1.54) is 35.6 Å². The number of amides is 3. The van der Waals surface area contributed by atoms with Gasteiger partial charge >= 0.3 is 0 Å². The summed E-state index contributed by atoms with van der Waals surface area (Å²) in [5.41, 5.74) is 2.10. The number of carbonyl (C=O) groups excluding carboxylic acids is 3. The molecule has 5 rings (SSSR count). The van der Waals surface area contributed by atoms with Crippen LogP contribution in [0.3, 0.4) is 0 Å². The molecule has 0 bridgehead atoms. The molecule has 0 unspecified atom stereocenters. The number of nitrogens with one attached hydrogen (secondary N) is 2. The smallest absolute Gasteiger partial charge is 0.283 e. The minimum Gasteiger partial charge on any atom is -0.350 e. The zero-order valence-corrected chi connectivity index (χ0v) is 22.1. The summed E-state index contributed by atoms with van der Waals surface area (Å²) in [6.45, 7) is 0. The van der Waals surface area contributed by atoms with E-state index in [9.17, 15) is 18.8 Å². The molecule has 2 N–H and O–H groups in total. The van der Waals surface area contributed by atoms with E-state index in [0.717, 1.165) is 17.0 Å². The monoisotopic (exact) mass is 586 g/mol. The van der Waals surface area contributed by atoms with Gasteiger partial charge in [-0.3, -0.25) is 19.7 Å². The van der Waals surface area contributed by atoms with Gasteiger partial charge in [-0.1, -0.05) is 34.8 Å². The van der Waals surface area contributed by atoms with Crippen LogP contribution in [0.1, 0.15) is 10.4 Å². The normalized spacial score (nSPS) is 13.3. The number of hydrogen-bond acceptors (Lipinski definition) is 6. The Hall–Kier alpha value is -3.76. The molecule has 0 fully saturated rings. The Bertz CT molecular complexity index is 1620. The van der Waals surface area contributed by atoms with Crippen molar-refractivity contribution >= 4 is 80.4 Å². The molecule has 3 aromatic carbocycles. The van der Waals surface area contributed by atoms with Crippen molar-refractivity contribution in [3.05, 3.63) is 104 Å². The van der Waals surface area contributed by atoms with Gasteiger partial charge in [0.05, 0.1) is 16.4 Å². The van der Waals surface area contributed by atoms with E-state index in [2.05, 4.69) is 15.6 Å². The molecule has 0 radical (unpaired) electrons. The lowest BCUT2D eigenvalue weighted by molar-refractivity contribution is -0.120. The van der Waals surface area contributed by atoms with Crippen LogP contribution in [0.25, 0.3) is 11.3 Å². The van der Waals surface area contributed by atoms with Gasteiger partial charge in [0, 0.05) is 27.2 Å². The predicted octanol–water partition coefficient (Wildman–Crippen LogP) is 6.94. The maximum absolute atomic E-state index is 13.2. The Labute approximate surface area is 234 Å². The third kappa shape index (κ3) is 5.14. The largest absolute Gasteiger partial charge is 0.350 e. The number of imide groups is 1. The lowest BCUT2D eigenvalue weighted by Gasteiger charge is -2.15. The first-order chi connectivity index (χ1) is 18.2. The molecule has 0 aliphatic carbocycles. The van der Waals surface area contributed by atoms with Gasteiger partial charge in [-0.2, -0.15) is 0 Å². The molecule has 1 aliphatic rings. The topological polar surface area (TPSA) is 91.4 Å². The molecular formula is C26H14Cl3FN4O3S. The quantitative estimate of drug-likeness (QED) is 0.238. The number of anilines is 3. The van der Waals surface area contributed by atoms with Gasteiger partial charge in [-0.25, -0.2) is 14.3 Å². The second-order valence-electron chi connectivity index (χ2n) is 7.93. The van der Waals surface area contributed by atoms with Gasteiger partial charge in [-0.05, 0) is 66.7 Å². The van der Waals surface area contributed by atoms with E-state index >= 15 is 0 Å². The molecule has 1 aliphatic heterocycles. The van der Waals surface area contributed by atoms with Crippen molar-refractivity contribution in [2.75, 3.05) is 15.5 Å². The Morgan fingerprint density at radius 3 is 2.32 bits per heavy atom. The minimum absolute atomic E-state index is 0.130. The fourth-order valence-corrected chi connectivity index (χ4v) is 5.03. The van der Waals surface area contributed by atoms with Gasteiger partial charge in [0.25, 0.3) is 17.7 Å². The molecule has 12 heteroatoms. The average molecular weight is 588 g/mol. The summed E-state index contributed by atoms with van der Waals surface area (Å²) in [4.78, 5) is 43.4. The standard InChI is InChI=1S/C26H14Cl3FN4O3S/c27-14-3-10-18(19(28)11-14)20-12-38-26(32-20)33-23(35)13-1-6-16(7-2-13)31-22-21(29)24(36)34(25(22)37)17-8-4-15(30)5-9-17/h1-12,31H,(H,32,33,35). The van der Waals surface area contributed by atoms with Gasteiger partial charge in [0.15, 0.2) is 5.13 Å². The third-order valence-electron chi connectivity index (χ3n) is 5.46. The highest BCUT2D eigenvalue weighted by Crippen LogP contribution is 2.33. The second-order valence-corrected chi connectivity index (χ2v) is 10.0. The highest BCUT2D eigenvalue weighted by Gasteiger charge is 2.39. The van der Waals surface area contributed by atoms with Crippen LogP contribution in [0.4, 0.5) is 20.9 Å². The number of halogens is 4. The summed E-state index contributed by atoms with van der Waals surface area (Å²) in [6, 6.07) is 16.2. The molecule has 7 nitrogen and oxygen atoms in total. The Balaban J connectivity index is 1.26. The zero-order chi connectivity index (χ0) is 27.0. The molecule has 0 spiro atoms. The maximum Gasteiger partial charge on any atom is 0.283 e. The number of nitrogens with zero attached hydrogens (tertiary/aromatic N) is 2. The van der Waals surface area contributed by atoms with E-state index in [0.29, 0.717) is 37.7 Å². The van der Waals surface area contributed by atoms with E-state index in [1.54, 1.807) is 35.7 Å². The van der Waals surface area contributed by atoms with E-state index in [-0.39, 0.29) is 16.4 Å². The number of aromatic nitrogens is 1. The molecule has 0 atom stereocenters. The first kappa shape index (κ1) is 25.9. The van der Waals surface area contributed by atoms with Crippen LogP contribution in [0.2, 0.25) is 10.0 Å². The molecule has 0 saturated heterocycles. The summed E-state index contributed by atoms with van der Waals surface area (Å²) in [6.07, 6.45) is 0. The first-order valence-electron chi connectivity index (χ1n) is 10.8. The average Bonchev–Trinajstić information content (AvgIpc) is 3.43. The van der Waals surface area contributed by atoms with Crippen LogP contribution < -0.4 is 15.5 Å². The fraction of sp³-hybridized carbons (Fsp3) is 0. The van der Waals surface area contributed by atoms with E-state index in [4.69, 9.17) is 34.8 Å². The van der Waals surface area contributed by atoms with Crippen molar-refractivity contribution in [2.24, 2.45) is 0 Å². The number of benzene rings is 3. The predicted molar refractivity (Wildman–Crippen MR) is 147 cm³/mol. The molecule has 0 saturated carbocycles. The van der Waals surface area contributed by atoms with Crippen LogP contribution in [0.15, 0.2) is 82.8 Å². The van der Waals surface area contributed by atoms with E-state index in [1.807, 2.05) is 0 Å². The number of hydrogen-bond donors (Lipinski definition) is 2. The second kappa shape index (κ2) is 10.5. The molecule has 4 aromatic rings. The Morgan fingerprint density at radius 2 is 1.63 bits per heavy atom. The lowest BCUT2D eigenvalue weighted by atomic mass is 10.2. The van der Waals surface area contributed by atoms with Gasteiger partial charge in [-0.15, -0.1) is 11.3 Å². The van der Waals surface area contributed by atoms with Crippen molar-refractivity contribution in [3.63, 3.8) is 0 Å².